The molecule has 1 unspecified atom stereocenters. The van der Waals surface area contributed by atoms with Crippen LogP contribution in [0.2, 0.25) is 0 Å². The predicted molar refractivity (Wildman–Crippen MR) is 93.6 cm³/mol. The van der Waals surface area contributed by atoms with Gasteiger partial charge in [-0.1, -0.05) is 0 Å². The Hall–Kier alpha value is -2.27. The molecule has 3 rings (SSSR count). The highest BCUT2D eigenvalue weighted by Gasteiger charge is 2.26. The second-order valence-electron chi connectivity index (χ2n) is 5.87. The van der Waals surface area contributed by atoms with Crippen molar-refractivity contribution in [1.82, 2.24) is 14.4 Å². The fourth-order valence-corrected chi connectivity index (χ4v) is 2.98. The zero-order valence-corrected chi connectivity index (χ0v) is 14.3. The van der Waals surface area contributed by atoms with Gasteiger partial charge in [0.2, 0.25) is 5.91 Å². The van der Waals surface area contributed by atoms with Crippen LogP contribution in [-0.2, 0) is 4.79 Å². The first-order chi connectivity index (χ1) is 11.6. The number of aromatic nitrogens is 1. The van der Waals surface area contributed by atoms with Gasteiger partial charge in [0, 0.05) is 49.8 Å². The van der Waals surface area contributed by atoms with Crippen LogP contribution in [0.15, 0.2) is 48.8 Å². The first kappa shape index (κ1) is 16.6. The molecular formula is C18H20ClN3O2. The van der Waals surface area contributed by atoms with E-state index >= 15 is 0 Å². The summed E-state index contributed by atoms with van der Waals surface area (Å²) in [6.07, 6.45) is 3.93. The molecule has 2 amide bonds. The summed E-state index contributed by atoms with van der Waals surface area (Å²) in [5.74, 6) is -0.0695. The molecule has 1 saturated heterocycles. The highest BCUT2D eigenvalue weighted by molar-refractivity contribution is 6.30. The van der Waals surface area contributed by atoms with Crippen molar-refractivity contribution in [2.24, 2.45) is 0 Å². The van der Waals surface area contributed by atoms with Crippen LogP contribution in [0.3, 0.4) is 0 Å². The van der Waals surface area contributed by atoms with Crippen molar-refractivity contribution in [2.75, 3.05) is 26.2 Å². The molecule has 1 aliphatic rings. The van der Waals surface area contributed by atoms with Gasteiger partial charge in [0.1, 0.15) is 5.38 Å². The highest BCUT2D eigenvalue weighted by Crippen LogP contribution is 2.14. The Balaban J connectivity index is 1.62. The van der Waals surface area contributed by atoms with Crippen LogP contribution >= 0.6 is 11.6 Å². The van der Waals surface area contributed by atoms with Crippen molar-refractivity contribution in [1.29, 1.82) is 0 Å². The number of hydrogen-bond donors (Lipinski definition) is 0. The number of benzene rings is 1. The summed E-state index contributed by atoms with van der Waals surface area (Å²) in [7, 11) is 0. The average molecular weight is 346 g/mol. The Bertz CT molecular complexity index is 702. The molecule has 1 fully saturated rings. The maximum absolute atomic E-state index is 12.6. The van der Waals surface area contributed by atoms with E-state index in [0.29, 0.717) is 31.7 Å². The van der Waals surface area contributed by atoms with Crippen molar-refractivity contribution in [3.63, 3.8) is 0 Å². The summed E-state index contributed by atoms with van der Waals surface area (Å²) >= 11 is 5.84. The summed E-state index contributed by atoms with van der Waals surface area (Å²) in [6, 6.07) is 11.5. The highest BCUT2D eigenvalue weighted by atomic mass is 35.5. The summed E-state index contributed by atoms with van der Waals surface area (Å²) in [6.45, 7) is 3.81. The molecule has 0 radical (unpaired) electrons. The minimum Gasteiger partial charge on any atom is -0.338 e. The predicted octanol–water partition coefficient (Wildman–Crippen LogP) is 2.39. The molecular weight excluding hydrogens is 326 g/mol. The van der Waals surface area contributed by atoms with Crippen LogP contribution in [0.5, 0.6) is 0 Å². The lowest BCUT2D eigenvalue weighted by atomic mass is 10.1. The number of alkyl halides is 1. The van der Waals surface area contributed by atoms with Crippen LogP contribution in [-0.4, -0.2) is 57.7 Å². The van der Waals surface area contributed by atoms with Gasteiger partial charge in [0.05, 0.1) is 0 Å². The first-order valence-corrected chi connectivity index (χ1v) is 8.45. The maximum atomic E-state index is 12.6. The minimum absolute atomic E-state index is 0.0000713. The number of carbonyl (C=O) groups excluding carboxylic acids is 2. The molecule has 2 aromatic rings. The third-order valence-corrected chi connectivity index (χ3v) is 4.42. The summed E-state index contributed by atoms with van der Waals surface area (Å²) in [5, 5.41) is -0.520. The van der Waals surface area contributed by atoms with Gasteiger partial charge < -0.3 is 14.4 Å². The van der Waals surface area contributed by atoms with Crippen LogP contribution < -0.4 is 0 Å². The van der Waals surface area contributed by atoms with E-state index in [2.05, 4.69) is 0 Å². The van der Waals surface area contributed by atoms with E-state index in [0.717, 1.165) is 5.69 Å². The normalized spacial score (nSPS) is 16.1. The Morgan fingerprint density at radius 2 is 1.50 bits per heavy atom. The van der Waals surface area contributed by atoms with Gasteiger partial charge in [-0.05, 0) is 43.3 Å². The summed E-state index contributed by atoms with van der Waals surface area (Å²) in [5.41, 5.74) is 1.68. The lowest BCUT2D eigenvalue weighted by Gasteiger charge is -2.35. The van der Waals surface area contributed by atoms with Crippen molar-refractivity contribution >= 4 is 23.4 Å². The van der Waals surface area contributed by atoms with E-state index in [1.165, 1.54) is 0 Å². The molecule has 1 aromatic carbocycles. The molecule has 1 aromatic heterocycles. The topological polar surface area (TPSA) is 45.6 Å². The number of carbonyl (C=O) groups is 2. The Morgan fingerprint density at radius 3 is 2.04 bits per heavy atom. The second kappa shape index (κ2) is 7.09. The standard InChI is InChI=1S/C18H20ClN3O2/c1-14(19)17(23)21-10-12-22(13-11-21)18(24)15-4-6-16(7-5-15)20-8-2-3-9-20/h2-9,14H,10-13H2,1H3. The lowest BCUT2D eigenvalue weighted by molar-refractivity contribution is -0.131. The van der Waals surface area contributed by atoms with Gasteiger partial charge >= 0.3 is 0 Å². The number of nitrogens with zero attached hydrogens (tertiary/aromatic N) is 3. The number of rotatable bonds is 3. The maximum Gasteiger partial charge on any atom is 0.253 e. The number of halogens is 1. The van der Waals surface area contributed by atoms with E-state index in [9.17, 15) is 9.59 Å². The van der Waals surface area contributed by atoms with Crippen LogP contribution in [0, 0.1) is 0 Å². The molecule has 6 heteroatoms. The molecule has 126 valence electrons. The molecule has 0 spiro atoms. The van der Waals surface area contributed by atoms with Crippen LogP contribution in [0.4, 0.5) is 0 Å². The molecule has 0 aliphatic carbocycles. The first-order valence-electron chi connectivity index (χ1n) is 8.02. The van der Waals surface area contributed by atoms with E-state index in [4.69, 9.17) is 11.6 Å². The van der Waals surface area contributed by atoms with Gasteiger partial charge in [-0.25, -0.2) is 0 Å². The zero-order chi connectivity index (χ0) is 17.1. The summed E-state index contributed by atoms with van der Waals surface area (Å²) < 4.78 is 1.99. The Morgan fingerprint density at radius 1 is 0.958 bits per heavy atom. The molecule has 0 bridgehead atoms. The SMILES string of the molecule is CC(Cl)C(=O)N1CCN(C(=O)c2ccc(-n3cccc3)cc2)CC1. The number of hydrogen-bond acceptors (Lipinski definition) is 2. The van der Waals surface area contributed by atoms with Crippen LogP contribution in [0.25, 0.3) is 5.69 Å². The molecule has 5 nitrogen and oxygen atoms in total. The third kappa shape index (κ3) is 3.46. The van der Waals surface area contributed by atoms with Crippen LogP contribution in [0.1, 0.15) is 17.3 Å². The Kier molecular flexibility index (Phi) is 4.90. The number of piperazine rings is 1. The molecule has 0 N–H and O–H groups in total. The fraction of sp³-hybridized carbons (Fsp3) is 0.333. The van der Waals surface area contributed by atoms with Gasteiger partial charge in [0.25, 0.3) is 5.91 Å². The van der Waals surface area contributed by atoms with Crippen molar-refractivity contribution in [3.05, 3.63) is 54.4 Å². The minimum atomic E-state index is -0.520. The molecule has 2 heterocycles. The monoisotopic (exact) mass is 345 g/mol. The van der Waals surface area contributed by atoms with E-state index < -0.39 is 5.38 Å². The zero-order valence-electron chi connectivity index (χ0n) is 13.6. The van der Waals surface area contributed by atoms with Gasteiger partial charge in [0.15, 0.2) is 0 Å². The summed E-state index contributed by atoms with van der Waals surface area (Å²) in [4.78, 5) is 28.0. The lowest BCUT2D eigenvalue weighted by Crippen LogP contribution is -2.52. The van der Waals surface area contributed by atoms with E-state index in [1.807, 2.05) is 53.4 Å². The fourth-order valence-electron chi connectivity index (χ4n) is 2.85. The molecule has 0 saturated carbocycles. The molecule has 24 heavy (non-hydrogen) atoms. The second-order valence-corrected chi connectivity index (χ2v) is 6.53. The smallest absolute Gasteiger partial charge is 0.253 e. The van der Waals surface area contributed by atoms with Gasteiger partial charge in [-0.2, -0.15) is 0 Å². The van der Waals surface area contributed by atoms with E-state index in [-0.39, 0.29) is 11.8 Å². The number of amides is 2. The third-order valence-electron chi connectivity index (χ3n) is 4.24. The Labute approximate surface area is 146 Å². The van der Waals surface area contributed by atoms with Gasteiger partial charge in [-0.15, -0.1) is 11.6 Å². The van der Waals surface area contributed by atoms with E-state index in [1.54, 1.807) is 16.7 Å². The van der Waals surface area contributed by atoms with Crippen molar-refractivity contribution in [2.45, 2.75) is 12.3 Å². The quantitative estimate of drug-likeness (QED) is 0.802. The molecule has 1 atom stereocenters. The largest absolute Gasteiger partial charge is 0.338 e. The average Bonchev–Trinajstić information content (AvgIpc) is 3.15. The van der Waals surface area contributed by atoms with Gasteiger partial charge in [-0.3, -0.25) is 9.59 Å². The van der Waals surface area contributed by atoms with Crippen molar-refractivity contribution in [3.8, 4) is 5.69 Å². The molecule has 1 aliphatic heterocycles. The van der Waals surface area contributed by atoms with Crippen molar-refractivity contribution < 1.29 is 9.59 Å².